The second kappa shape index (κ2) is 4.71. The highest BCUT2D eigenvalue weighted by atomic mass is 28.3. The van der Waals surface area contributed by atoms with Gasteiger partial charge < -0.3 is 9.00 Å². The zero-order valence-corrected chi connectivity index (χ0v) is 9.21. The normalized spacial score (nSPS) is 18.4. The van der Waals surface area contributed by atoms with E-state index in [1.165, 1.54) is 0 Å². The number of carbonyl (C=O) groups is 2. The zero-order valence-electron chi connectivity index (χ0n) is 8.21. The first-order chi connectivity index (χ1) is 7.74. The zero-order chi connectivity index (χ0) is 11.4. The second-order valence-electron chi connectivity index (χ2n) is 3.06. The van der Waals surface area contributed by atoms with E-state index in [1.54, 1.807) is 5.67 Å². The summed E-state index contributed by atoms with van der Waals surface area (Å²) >= 11 is 0. The Kier molecular flexibility index (Phi) is 3.11. The van der Waals surface area contributed by atoms with Crippen molar-refractivity contribution in [2.24, 2.45) is 0 Å². The predicted octanol–water partition coefficient (Wildman–Crippen LogP) is 0.328. The van der Waals surface area contributed by atoms with Crippen LogP contribution >= 0.6 is 0 Å². The van der Waals surface area contributed by atoms with Gasteiger partial charge in [-0.25, -0.2) is 4.79 Å². The molecule has 0 saturated carbocycles. The van der Waals surface area contributed by atoms with E-state index >= 15 is 0 Å². The minimum atomic E-state index is -2.04. The maximum absolute atomic E-state index is 11.1. The Bertz CT molecular complexity index is 440. The Labute approximate surface area is 92.9 Å². The molecule has 6 heteroatoms. The number of hydrogen-bond donors (Lipinski definition) is 0. The van der Waals surface area contributed by atoms with Crippen LogP contribution in [0.2, 0.25) is 0 Å². The van der Waals surface area contributed by atoms with Crippen LogP contribution in [0.3, 0.4) is 0 Å². The van der Waals surface area contributed by atoms with Crippen LogP contribution < -0.4 is 0 Å². The summed E-state index contributed by atoms with van der Waals surface area (Å²) in [5.41, 5.74) is 2.49. The fourth-order valence-electron chi connectivity index (χ4n) is 1.14. The van der Waals surface area contributed by atoms with Gasteiger partial charge in [-0.2, -0.15) is 0 Å². The summed E-state index contributed by atoms with van der Waals surface area (Å²) in [6.45, 7) is 0. The van der Waals surface area contributed by atoms with Crippen LogP contribution in [0.4, 0.5) is 0 Å². The van der Waals surface area contributed by atoms with Crippen molar-refractivity contribution in [1.29, 1.82) is 0 Å². The first-order valence-corrected chi connectivity index (χ1v) is 5.98. The topological polar surface area (TPSA) is 61.8 Å². The van der Waals surface area contributed by atoms with Crippen molar-refractivity contribution in [2.75, 3.05) is 0 Å². The van der Waals surface area contributed by atoms with Crippen molar-refractivity contribution in [3.8, 4) is 0 Å². The number of rotatable bonds is 1. The van der Waals surface area contributed by atoms with Crippen LogP contribution in [-0.4, -0.2) is 26.5 Å². The highest BCUT2D eigenvalue weighted by Crippen LogP contribution is 2.01. The maximum Gasteiger partial charge on any atom is 0.542 e. The molecule has 0 bridgehead atoms. The van der Waals surface area contributed by atoms with Gasteiger partial charge in [0.1, 0.15) is 6.42 Å². The van der Waals surface area contributed by atoms with Crippen LogP contribution in [0.15, 0.2) is 30.3 Å². The minimum absolute atomic E-state index is 0.406. The minimum Gasteiger partial charge on any atom is -0.456 e. The van der Waals surface area contributed by atoms with E-state index in [0.29, 0.717) is 0 Å². The van der Waals surface area contributed by atoms with Crippen LogP contribution in [0.25, 0.3) is 0 Å². The molecule has 1 aromatic carbocycles. The summed E-state index contributed by atoms with van der Waals surface area (Å²) < 4.78 is 9.67. The summed E-state index contributed by atoms with van der Waals surface area (Å²) in [6, 6.07) is 9.23. The molecule has 1 aliphatic heterocycles. The van der Waals surface area contributed by atoms with Crippen molar-refractivity contribution < 1.29 is 23.5 Å². The molecule has 1 aromatic rings. The number of benzene rings is 1. The van der Waals surface area contributed by atoms with Crippen molar-refractivity contribution >= 4 is 26.5 Å². The molecule has 5 nitrogen and oxygen atoms in total. The quantitative estimate of drug-likeness (QED) is 0.399. The lowest BCUT2D eigenvalue weighted by molar-refractivity contribution is -0.215. The molecule has 0 radical (unpaired) electrons. The van der Waals surface area contributed by atoms with Crippen molar-refractivity contribution in [1.82, 2.24) is 0 Å². The van der Waals surface area contributed by atoms with Crippen LogP contribution in [-0.2, 0) is 23.5 Å². The molecule has 0 atom stereocenters. The molecule has 0 N–H and O–H groups in total. The lowest BCUT2D eigenvalue weighted by Crippen LogP contribution is -2.17. The number of carbonyl (C=O) groups excluding carboxylic acids is 2. The van der Waals surface area contributed by atoms with E-state index in [2.05, 4.69) is 4.89 Å². The van der Waals surface area contributed by atoms with Crippen LogP contribution in [0.1, 0.15) is 12.0 Å². The van der Waals surface area contributed by atoms with Gasteiger partial charge in [0.2, 0.25) is 0 Å². The molecule has 0 aliphatic carbocycles. The van der Waals surface area contributed by atoms with Crippen molar-refractivity contribution in [3.05, 3.63) is 35.9 Å². The molecule has 0 amide bonds. The third kappa shape index (κ3) is 2.77. The summed E-state index contributed by atoms with van der Waals surface area (Å²) in [7, 11) is -2.04. The Balaban J connectivity index is 2.18. The Morgan fingerprint density at radius 1 is 1.12 bits per heavy atom. The van der Waals surface area contributed by atoms with E-state index in [4.69, 9.17) is 9.00 Å². The van der Waals surface area contributed by atoms with Gasteiger partial charge in [0.15, 0.2) is 0 Å². The SMILES string of the molecule is O=C1CC(=O)O[Si](=Cc2ccccc2)OO1. The van der Waals surface area contributed by atoms with E-state index in [1.807, 2.05) is 30.3 Å². The van der Waals surface area contributed by atoms with Gasteiger partial charge in [0.25, 0.3) is 0 Å². The molecule has 1 fully saturated rings. The monoisotopic (exact) mass is 236 g/mol. The van der Waals surface area contributed by atoms with Crippen molar-refractivity contribution in [3.63, 3.8) is 0 Å². The van der Waals surface area contributed by atoms with E-state index in [9.17, 15) is 9.59 Å². The molecule has 1 saturated heterocycles. The van der Waals surface area contributed by atoms with Gasteiger partial charge in [-0.15, -0.1) is 0 Å². The number of hydrogen-bond acceptors (Lipinski definition) is 5. The van der Waals surface area contributed by atoms with E-state index in [-0.39, 0.29) is 0 Å². The molecule has 1 aliphatic rings. The summed E-state index contributed by atoms with van der Waals surface area (Å²) in [6.07, 6.45) is -0.406. The molecule has 16 heavy (non-hydrogen) atoms. The molecule has 82 valence electrons. The van der Waals surface area contributed by atoms with Gasteiger partial charge in [-0.1, -0.05) is 30.3 Å². The fourth-order valence-corrected chi connectivity index (χ4v) is 2.22. The molecule has 0 unspecified atom stereocenters. The van der Waals surface area contributed by atoms with Gasteiger partial charge in [0, 0.05) is 5.67 Å². The van der Waals surface area contributed by atoms with Gasteiger partial charge in [-0.3, -0.25) is 9.68 Å². The maximum atomic E-state index is 11.1. The van der Waals surface area contributed by atoms with Crippen molar-refractivity contribution in [2.45, 2.75) is 6.42 Å². The molecular formula is C10H8O5Si. The third-order valence-corrected chi connectivity index (χ3v) is 3.05. The lowest BCUT2D eigenvalue weighted by Gasteiger charge is -2.00. The average molecular weight is 236 g/mol. The highest BCUT2D eigenvalue weighted by Gasteiger charge is 2.23. The molecule has 0 aromatic heterocycles. The standard InChI is InChI=1S/C10H8O5Si/c11-9-6-10(12)14-16(15-13-9)7-8-4-2-1-3-5-8/h1-5,7H,6H2. The Morgan fingerprint density at radius 2 is 1.88 bits per heavy atom. The highest BCUT2D eigenvalue weighted by molar-refractivity contribution is 6.58. The molecule has 1 heterocycles. The largest absolute Gasteiger partial charge is 0.542 e. The van der Waals surface area contributed by atoms with Gasteiger partial charge in [0.05, 0.1) is 0 Å². The molecule has 0 spiro atoms. The average Bonchev–Trinajstić information content (AvgIpc) is 2.41. The molecule has 2 rings (SSSR count). The lowest BCUT2D eigenvalue weighted by atomic mass is 10.2. The van der Waals surface area contributed by atoms with E-state index in [0.717, 1.165) is 5.56 Å². The fraction of sp³-hybridized carbons (Fsp3) is 0.100. The summed E-state index contributed by atoms with van der Waals surface area (Å²) in [5.74, 6) is -1.35. The van der Waals surface area contributed by atoms with Gasteiger partial charge in [-0.05, 0) is 5.56 Å². The smallest absolute Gasteiger partial charge is 0.456 e. The summed E-state index contributed by atoms with van der Waals surface area (Å²) in [4.78, 5) is 26.3. The first kappa shape index (κ1) is 10.6. The first-order valence-electron chi connectivity index (χ1n) is 4.59. The Morgan fingerprint density at radius 3 is 2.62 bits per heavy atom. The summed E-state index contributed by atoms with van der Waals surface area (Å²) in [5, 5.41) is 0. The van der Waals surface area contributed by atoms with E-state index < -0.39 is 27.3 Å². The third-order valence-electron chi connectivity index (χ3n) is 1.80. The molecular weight excluding hydrogens is 228 g/mol. The predicted molar refractivity (Wildman–Crippen MR) is 55.2 cm³/mol. The second-order valence-corrected chi connectivity index (χ2v) is 4.36. The van der Waals surface area contributed by atoms with Gasteiger partial charge >= 0.3 is 20.8 Å². The van der Waals surface area contributed by atoms with Crippen LogP contribution in [0.5, 0.6) is 0 Å². The van der Waals surface area contributed by atoms with Crippen LogP contribution in [0, 0.1) is 0 Å². The Hall–Kier alpha value is -1.95.